The van der Waals surface area contributed by atoms with Crippen molar-refractivity contribution in [1.82, 2.24) is 10.2 Å². The fourth-order valence-electron chi connectivity index (χ4n) is 2.11. The Hall–Kier alpha value is -1.40. The van der Waals surface area contributed by atoms with Crippen LogP contribution in [0.1, 0.15) is 18.9 Å². The highest BCUT2D eigenvalue weighted by molar-refractivity contribution is 9.10. The molecule has 1 rings (SSSR count). The van der Waals surface area contributed by atoms with Crippen LogP contribution in [0.3, 0.4) is 0 Å². The number of aryl methyl sites for hydroxylation is 1. The van der Waals surface area contributed by atoms with E-state index in [1.807, 2.05) is 39.2 Å². The maximum atomic E-state index is 12.0. The summed E-state index contributed by atoms with van der Waals surface area (Å²) in [7, 11) is 3.99. The summed E-state index contributed by atoms with van der Waals surface area (Å²) in [5.41, 5.74) is 1.71. The lowest BCUT2D eigenvalue weighted by molar-refractivity contribution is -0.123. The Morgan fingerprint density at radius 2 is 1.95 bits per heavy atom. The molecule has 0 unspecified atom stereocenters. The molecule has 1 aromatic rings. The molecule has 1 aromatic carbocycles. The molecule has 0 aromatic heterocycles. The van der Waals surface area contributed by atoms with Gasteiger partial charge in [0.05, 0.1) is 0 Å². The summed E-state index contributed by atoms with van der Waals surface area (Å²) in [5, 5.41) is 2.86. The predicted molar refractivity (Wildman–Crippen MR) is 93.1 cm³/mol. The van der Waals surface area contributed by atoms with Gasteiger partial charge in [-0.15, -0.1) is 0 Å². The van der Waals surface area contributed by atoms with Crippen LogP contribution in [0.25, 0.3) is 0 Å². The van der Waals surface area contributed by atoms with Gasteiger partial charge in [0.1, 0.15) is 6.54 Å². The van der Waals surface area contributed by atoms with E-state index in [-0.39, 0.29) is 18.4 Å². The molecule has 6 heteroatoms. The number of nitrogens with one attached hydrogen (secondary N) is 1. The van der Waals surface area contributed by atoms with Crippen molar-refractivity contribution < 1.29 is 9.59 Å². The minimum Gasteiger partial charge on any atom is -0.355 e. The van der Waals surface area contributed by atoms with E-state index < -0.39 is 0 Å². The van der Waals surface area contributed by atoms with Crippen LogP contribution in [0.2, 0.25) is 0 Å². The topological polar surface area (TPSA) is 52.7 Å². The maximum absolute atomic E-state index is 12.0. The molecule has 0 saturated heterocycles. The van der Waals surface area contributed by atoms with Crippen molar-refractivity contribution in [3.8, 4) is 0 Å². The van der Waals surface area contributed by atoms with E-state index in [0.29, 0.717) is 6.54 Å². The number of rotatable bonds is 7. The molecular formula is C16H24BrN3O2. The second-order valence-corrected chi connectivity index (χ2v) is 6.46. The Morgan fingerprint density at radius 3 is 2.50 bits per heavy atom. The highest BCUT2D eigenvalue weighted by Crippen LogP contribution is 2.23. The normalized spacial score (nSPS) is 10.6. The number of anilines is 1. The van der Waals surface area contributed by atoms with Crippen molar-refractivity contribution in [2.45, 2.75) is 20.3 Å². The number of hydrogen-bond acceptors (Lipinski definition) is 3. The van der Waals surface area contributed by atoms with Gasteiger partial charge in [-0.05, 0) is 57.7 Å². The van der Waals surface area contributed by atoms with Gasteiger partial charge >= 0.3 is 0 Å². The summed E-state index contributed by atoms with van der Waals surface area (Å²) in [6, 6.07) is 5.65. The highest BCUT2D eigenvalue weighted by atomic mass is 79.9. The van der Waals surface area contributed by atoms with Crippen molar-refractivity contribution in [3.63, 3.8) is 0 Å². The van der Waals surface area contributed by atoms with Crippen LogP contribution in [-0.2, 0) is 9.59 Å². The first-order chi connectivity index (χ1) is 10.3. The molecule has 0 bridgehead atoms. The van der Waals surface area contributed by atoms with Gasteiger partial charge in [-0.1, -0.05) is 15.9 Å². The zero-order chi connectivity index (χ0) is 16.7. The van der Waals surface area contributed by atoms with E-state index in [2.05, 4.69) is 26.1 Å². The monoisotopic (exact) mass is 369 g/mol. The summed E-state index contributed by atoms with van der Waals surface area (Å²) < 4.78 is 0.949. The van der Waals surface area contributed by atoms with Crippen LogP contribution in [0, 0.1) is 6.92 Å². The minimum absolute atomic E-state index is 0.0414. The molecule has 5 nitrogen and oxygen atoms in total. The molecule has 22 heavy (non-hydrogen) atoms. The molecule has 0 aliphatic rings. The van der Waals surface area contributed by atoms with Gasteiger partial charge in [0, 0.05) is 23.6 Å². The molecule has 1 N–H and O–H groups in total. The fraction of sp³-hybridized carbons (Fsp3) is 0.500. The van der Waals surface area contributed by atoms with E-state index in [9.17, 15) is 9.59 Å². The summed E-state index contributed by atoms with van der Waals surface area (Å²) in [4.78, 5) is 27.5. The van der Waals surface area contributed by atoms with E-state index >= 15 is 0 Å². The summed E-state index contributed by atoms with van der Waals surface area (Å²) >= 11 is 3.40. The van der Waals surface area contributed by atoms with Gasteiger partial charge in [-0.25, -0.2) is 0 Å². The summed E-state index contributed by atoms with van der Waals surface area (Å²) in [6.07, 6.45) is 0.885. The van der Waals surface area contributed by atoms with Gasteiger partial charge in [0.15, 0.2) is 0 Å². The Balaban J connectivity index is 2.65. The molecule has 2 amide bonds. The standard InChI is InChI=1S/C16H24BrN3O2/c1-12-10-14(17)6-7-15(12)20(13(2)21)11-16(22)18-8-5-9-19(3)4/h6-7,10H,5,8-9,11H2,1-4H3,(H,18,22). The molecule has 0 radical (unpaired) electrons. The van der Waals surface area contributed by atoms with Crippen LogP contribution in [0.5, 0.6) is 0 Å². The average molecular weight is 370 g/mol. The van der Waals surface area contributed by atoms with Crippen molar-refractivity contribution in [1.29, 1.82) is 0 Å². The number of carbonyl (C=O) groups excluding carboxylic acids is 2. The molecular weight excluding hydrogens is 346 g/mol. The smallest absolute Gasteiger partial charge is 0.240 e. The molecule has 0 aliphatic heterocycles. The second-order valence-electron chi connectivity index (χ2n) is 5.54. The van der Waals surface area contributed by atoms with Crippen LogP contribution >= 0.6 is 15.9 Å². The third-order valence-electron chi connectivity index (χ3n) is 3.24. The SMILES string of the molecule is CC(=O)N(CC(=O)NCCCN(C)C)c1ccc(Br)cc1C. The number of hydrogen-bond donors (Lipinski definition) is 1. The molecule has 0 heterocycles. The third-order valence-corrected chi connectivity index (χ3v) is 3.73. The van der Waals surface area contributed by atoms with Gasteiger partial charge in [-0.3, -0.25) is 9.59 Å². The lowest BCUT2D eigenvalue weighted by Crippen LogP contribution is -2.40. The Labute approximate surface area is 140 Å². The maximum Gasteiger partial charge on any atom is 0.240 e. The quantitative estimate of drug-likeness (QED) is 0.749. The van der Waals surface area contributed by atoms with E-state index in [4.69, 9.17) is 0 Å². The molecule has 122 valence electrons. The average Bonchev–Trinajstić information content (AvgIpc) is 2.41. The first-order valence-electron chi connectivity index (χ1n) is 7.27. The van der Waals surface area contributed by atoms with Crippen LogP contribution < -0.4 is 10.2 Å². The zero-order valence-corrected chi connectivity index (χ0v) is 15.2. The van der Waals surface area contributed by atoms with Gasteiger partial charge in [-0.2, -0.15) is 0 Å². The summed E-state index contributed by atoms with van der Waals surface area (Å²) in [6.45, 7) is 4.97. The minimum atomic E-state index is -0.145. The Morgan fingerprint density at radius 1 is 1.27 bits per heavy atom. The highest BCUT2D eigenvalue weighted by Gasteiger charge is 2.17. The number of nitrogens with zero attached hydrogens (tertiary/aromatic N) is 2. The molecule has 0 atom stereocenters. The zero-order valence-electron chi connectivity index (χ0n) is 13.6. The predicted octanol–water partition coefficient (Wildman–Crippen LogP) is 2.18. The molecule has 0 spiro atoms. The molecule has 0 aliphatic carbocycles. The van der Waals surface area contributed by atoms with Crippen molar-refractivity contribution >= 4 is 33.4 Å². The lowest BCUT2D eigenvalue weighted by atomic mass is 10.2. The van der Waals surface area contributed by atoms with Gasteiger partial charge < -0.3 is 15.1 Å². The first kappa shape index (κ1) is 18.6. The number of halogens is 1. The summed E-state index contributed by atoms with van der Waals surface area (Å²) in [5.74, 6) is -0.287. The number of benzene rings is 1. The molecule has 0 fully saturated rings. The van der Waals surface area contributed by atoms with Gasteiger partial charge in [0.2, 0.25) is 11.8 Å². The fourth-order valence-corrected chi connectivity index (χ4v) is 2.59. The Kier molecular flexibility index (Phi) is 7.55. The van der Waals surface area contributed by atoms with Gasteiger partial charge in [0.25, 0.3) is 0 Å². The van der Waals surface area contributed by atoms with Crippen LogP contribution in [0.15, 0.2) is 22.7 Å². The Bertz CT molecular complexity index is 532. The van der Waals surface area contributed by atoms with E-state index in [0.717, 1.165) is 28.7 Å². The number of carbonyl (C=O) groups is 2. The first-order valence-corrected chi connectivity index (χ1v) is 8.06. The molecule has 0 saturated carbocycles. The van der Waals surface area contributed by atoms with Crippen molar-refractivity contribution in [2.24, 2.45) is 0 Å². The van der Waals surface area contributed by atoms with Crippen molar-refractivity contribution in [2.75, 3.05) is 38.6 Å². The van der Waals surface area contributed by atoms with Crippen LogP contribution in [0.4, 0.5) is 5.69 Å². The van der Waals surface area contributed by atoms with E-state index in [1.165, 1.54) is 11.8 Å². The second kappa shape index (κ2) is 8.90. The van der Waals surface area contributed by atoms with Crippen LogP contribution in [-0.4, -0.2) is 50.4 Å². The lowest BCUT2D eigenvalue weighted by Gasteiger charge is -2.23. The van der Waals surface area contributed by atoms with Crippen molar-refractivity contribution in [3.05, 3.63) is 28.2 Å². The van der Waals surface area contributed by atoms with E-state index in [1.54, 1.807) is 0 Å². The third kappa shape index (κ3) is 6.15. The number of amides is 2. The largest absolute Gasteiger partial charge is 0.355 e.